The van der Waals surface area contributed by atoms with Gasteiger partial charge in [0, 0.05) is 49.4 Å². The van der Waals surface area contributed by atoms with E-state index in [4.69, 9.17) is 38.7 Å². The number of carbonyl (C=O) groups is 3. The number of nitrogens with one attached hydrogen (secondary N) is 3. The molecule has 0 spiro atoms. The molecule has 1 aromatic heterocycles. The molecule has 2 aliphatic carbocycles. The Hall–Kier alpha value is -3.90. The minimum atomic E-state index is -0.442. The van der Waals surface area contributed by atoms with Crippen molar-refractivity contribution in [2.75, 3.05) is 37.4 Å². The van der Waals surface area contributed by atoms with E-state index in [1.165, 1.54) is 7.11 Å². The predicted molar refractivity (Wildman–Crippen MR) is 210 cm³/mol. The first-order valence-electron chi connectivity index (χ1n) is 18.6. The van der Waals surface area contributed by atoms with Gasteiger partial charge in [-0.2, -0.15) is 0 Å². The molecule has 2 amide bonds. The lowest BCUT2D eigenvalue weighted by Gasteiger charge is -2.32. The summed E-state index contributed by atoms with van der Waals surface area (Å²) >= 11 is 13.7. The van der Waals surface area contributed by atoms with Crippen LogP contribution in [0, 0.1) is 10.8 Å². The SMILES string of the molecule is COC(=O)C12CCC(CCN3CCc4c(nc(C(=O)Nc5cccc(-c6cccc(NC(=O)/C(N)=C/CCCNC(C)C)c6Cl)c5Cl)n4C)C3)(CC1)C2. The lowest BCUT2D eigenvalue weighted by atomic mass is 9.80. The van der Waals surface area contributed by atoms with Crippen molar-refractivity contribution in [3.05, 3.63) is 75.4 Å². The van der Waals surface area contributed by atoms with E-state index in [9.17, 15) is 14.4 Å². The second-order valence-corrected chi connectivity index (χ2v) is 16.0. The number of amides is 2. The fraction of sp³-hybridized carbons (Fsp3) is 0.500. The Morgan fingerprint density at radius 2 is 1.68 bits per heavy atom. The molecule has 0 atom stereocenters. The summed E-state index contributed by atoms with van der Waals surface area (Å²) in [5, 5.41) is 9.72. The number of hydrogen-bond acceptors (Lipinski definition) is 8. The maximum absolute atomic E-state index is 13.7. The zero-order chi connectivity index (χ0) is 37.9. The highest BCUT2D eigenvalue weighted by Gasteiger charge is 2.58. The molecule has 0 radical (unpaired) electrons. The number of benzene rings is 2. The van der Waals surface area contributed by atoms with Crippen LogP contribution in [0.4, 0.5) is 11.4 Å². The molecule has 3 aliphatic rings. The van der Waals surface area contributed by atoms with E-state index < -0.39 is 5.91 Å². The van der Waals surface area contributed by atoms with Crippen molar-refractivity contribution in [3.63, 3.8) is 0 Å². The first kappa shape index (κ1) is 38.8. The van der Waals surface area contributed by atoms with E-state index in [0.29, 0.717) is 57.4 Å². The molecule has 2 aromatic carbocycles. The fourth-order valence-corrected chi connectivity index (χ4v) is 8.97. The Bertz CT molecular complexity index is 1900. The molecule has 1 aliphatic heterocycles. The molecule has 53 heavy (non-hydrogen) atoms. The number of fused-ring (bicyclic) bond motifs is 3. The molecule has 0 unspecified atom stereocenters. The summed E-state index contributed by atoms with van der Waals surface area (Å²) in [4.78, 5) is 46.3. The van der Waals surface area contributed by atoms with Gasteiger partial charge in [-0.3, -0.25) is 19.3 Å². The Morgan fingerprint density at radius 3 is 2.32 bits per heavy atom. The Morgan fingerprint density at radius 1 is 1.02 bits per heavy atom. The summed E-state index contributed by atoms with van der Waals surface area (Å²) in [5.74, 6) is -0.531. The van der Waals surface area contributed by atoms with Crippen LogP contribution in [0.15, 0.2) is 48.2 Å². The standard InChI is InChI=1S/C40H51Cl2N7O4/c1-25(2)44-20-6-5-11-28(43)36(50)46-29-12-7-9-26(33(29)41)27-10-8-13-30(34(27)42)47-37(51)35-45-31-23-49(21-14-32(31)48(35)3)22-19-39-15-17-40(24-39,18-16-39)38(52)53-4/h7-13,25,44H,5-6,14-24,43H2,1-4H3,(H,46,50)(H,47,51)/b28-11-. The van der Waals surface area contributed by atoms with Gasteiger partial charge >= 0.3 is 5.97 Å². The predicted octanol–water partition coefficient (Wildman–Crippen LogP) is 7.08. The van der Waals surface area contributed by atoms with Crippen LogP contribution < -0.4 is 21.7 Å². The van der Waals surface area contributed by atoms with Crippen molar-refractivity contribution in [2.45, 2.75) is 84.2 Å². The van der Waals surface area contributed by atoms with E-state index in [2.05, 4.69) is 34.7 Å². The first-order valence-corrected chi connectivity index (χ1v) is 19.4. The van der Waals surface area contributed by atoms with Gasteiger partial charge in [-0.15, -0.1) is 0 Å². The number of halogens is 2. The molecule has 5 N–H and O–H groups in total. The van der Waals surface area contributed by atoms with Crippen molar-refractivity contribution in [2.24, 2.45) is 23.6 Å². The molecule has 2 fully saturated rings. The molecule has 13 heteroatoms. The molecule has 3 aromatic rings. The second kappa shape index (κ2) is 16.2. The van der Waals surface area contributed by atoms with Crippen LogP contribution in [0.3, 0.4) is 0 Å². The third kappa shape index (κ3) is 8.28. The van der Waals surface area contributed by atoms with Gasteiger partial charge in [-0.25, -0.2) is 4.98 Å². The lowest BCUT2D eigenvalue weighted by Crippen LogP contribution is -2.34. The molecule has 0 saturated heterocycles. The van der Waals surface area contributed by atoms with E-state index in [1.807, 2.05) is 17.7 Å². The van der Waals surface area contributed by atoms with Crippen molar-refractivity contribution < 1.29 is 19.1 Å². The zero-order valence-electron chi connectivity index (χ0n) is 31.1. The minimum Gasteiger partial charge on any atom is -0.469 e. The monoisotopic (exact) mass is 763 g/mol. The summed E-state index contributed by atoms with van der Waals surface area (Å²) in [6, 6.07) is 11.0. The van der Waals surface area contributed by atoms with Crippen LogP contribution in [0.1, 0.15) is 87.2 Å². The lowest BCUT2D eigenvalue weighted by molar-refractivity contribution is -0.152. The molecule has 11 nitrogen and oxygen atoms in total. The summed E-state index contributed by atoms with van der Waals surface area (Å²) in [6.45, 7) is 7.51. The first-order chi connectivity index (χ1) is 25.3. The van der Waals surface area contributed by atoms with Crippen LogP contribution in [0.25, 0.3) is 11.1 Å². The van der Waals surface area contributed by atoms with Gasteiger partial charge < -0.3 is 31.0 Å². The average Bonchev–Trinajstić information content (AvgIpc) is 3.82. The number of esters is 1. The molecule has 2 bridgehead atoms. The van der Waals surface area contributed by atoms with Gasteiger partial charge in [0.05, 0.1) is 45.3 Å². The maximum atomic E-state index is 13.7. The molecule has 6 rings (SSSR count). The third-order valence-electron chi connectivity index (χ3n) is 11.4. The number of rotatable bonds is 14. The number of anilines is 2. The number of aromatic nitrogens is 2. The molecule has 2 saturated carbocycles. The number of methoxy groups -OCH3 is 1. The number of imidazole rings is 1. The maximum Gasteiger partial charge on any atom is 0.311 e. The largest absolute Gasteiger partial charge is 0.469 e. The van der Waals surface area contributed by atoms with Crippen molar-refractivity contribution in [1.82, 2.24) is 19.8 Å². The number of carbonyl (C=O) groups excluding carboxylic acids is 3. The van der Waals surface area contributed by atoms with Crippen LogP contribution in [0.5, 0.6) is 0 Å². The Balaban J connectivity index is 1.09. The average molecular weight is 765 g/mol. The summed E-state index contributed by atoms with van der Waals surface area (Å²) < 4.78 is 7.04. The van der Waals surface area contributed by atoms with Crippen molar-refractivity contribution in [1.29, 1.82) is 0 Å². The molecule has 2 heterocycles. The highest BCUT2D eigenvalue weighted by Crippen LogP contribution is 2.63. The van der Waals surface area contributed by atoms with Gasteiger partial charge in [-0.1, -0.05) is 67.4 Å². The van der Waals surface area contributed by atoms with E-state index in [1.54, 1.807) is 36.4 Å². The number of nitrogens with two attached hydrogens (primary N) is 1. The van der Waals surface area contributed by atoms with E-state index >= 15 is 0 Å². The van der Waals surface area contributed by atoms with Crippen LogP contribution in [0.2, 0.25) is 10.0 Å². The van der Waals surface area contributed by atoms with Gasteiger partial charge in [0.2, 0.25) is 0 Å². The van der Waals surface area contributed by atoms with Gasteiger partial charge in [0.25, 0.3) is 11.8 Å². The van der Waals surface area contributed by atoms with Crippen molar-refractivity contribution >= 4 is 52.4 Å². The van der Waals surface area contributed by atoms with Gasteiger partial charge in [-0.05, 0) is 82.0 Å². The number of unbranched alkanes of at least 4 members (excludes halogenated alkanes) is 1. The summed E-state index contributed by atoms with van der Waals surface area (Å²) in [7, 11) is 3.38. The number of allylic oxidation sites excluding steroid dienone is 1. The van der Waals surface area contributed by atoms with Crippen molar-refractivity contribution in [3.8, 4) is 11.1 Å². The van der Waals surface area contributed by atoms with Crippen LogP contribution >= 0.6 is 23.2 Å². The zero-order valence-corrected chi connectivity index (χ0v) is 32.6. The van der Waals surface area contributed by atoms with E-state index in [-0.39, 0.29) is 28.4 Å². The minimum absolute atomic E-state index is 0.0405. The Labute approximate surface area is 322 Å². The number of ether oxygens (including phenoxy) is 1. The summed E-state index contributed by atoms with van der Waals surface area (Å²) in [6.07, 6.45) is 10.0. The molecular weight excluding hydrogens is 713 g/mol. The highest BCUT2D eigenvalue weighted by atomic mass is 35.5. The number of nitrogens with zero attached hydrogens (tertiary/aromatic N) is 3. The summed E-state index contributed by atoms with van der Waals surface area (Å²) in [5.41, 5.74) is 10.1. The molecule has 284 valence electrons. The molecular formula is C40H51Cl2N7O4. The normalized spacial score (nSPS) is 21.2. The Kier molecular flexibility index (Phi) is 11.9. The van der Waals surface area contributed by atoms with E-state index in [0.717, 1.165) is 82.4 Å². The van der Waals surface area contributed by atoms with Gasteiger partial charge in [0.1, 0.15) is 0 Å². The second-order valence-electron chi connectivity index (χ2n) is 15.3. The van der Waals surface area contributed by atoms with Crippen LogP contribution in [-0.4, -0.2) is 65.0 Å². The fourth-order valence-electron chi connectivity index (χ4n) is 8.42. The van der Waals surface area contributed by atoms with Gasteiger partial charge in [0.15, 0.2) is 5.82 Å². The third-order valence-corrected chi connectivity index (χ3v) is 12.3. The highest BCUT2D eigenvalue weighted by molar-refractivity contribution is 6.40. The quantitative estimate of drug-likeness (QED) is 0.0776. The van der Waals surface area contributed by atoms with Crippen LogP contribution in [-0.2, 0) is 34.3 Å². The topological polar surface area (TPSA) is 144 Å². The smallest absolute Gasteiger partial charge is 0.311 e. The number of hydrogen-bond donors (Lipinski definition) is 4.